The Hall–Kier alpha value is -3.04. The Labute approximate surface area is 192 Å². The quantitative estimate of drug-likeness (QED) is 0.615. The molecule has 0 aliphatic carbocycles. The van der Waals surface area contributed by atoms with Crippen LogP contribution in [0.15, 0.2) is 49.1 Å². The van der Waals surface area contributed by atoms with E-state index in [-0.39, 0.29) is 23.4 Å². The number of anilines is 1. The number of nitrogens with one attached hydrogen (secondary N) is 1. The van der Waals surface area contributed by atoms with Gasteiger partial charge in [0.2, 0.25) is 0 Å². The number of nitrogens with zero attached hydrogens (tertiary/aromatic N) is 5. The lowest BCUT2D eigenvalue weighted by Gasteiger charge is -2.47. The van der Waals surface area contributed by atoms with Crippen molar-refractivity contribution >= 4 is 5.82 Å². The molecule has 2 aliphatic heterocycles. The van der Waals surface area contributed by atoms with E-state index < -0.39 is 11.7 Å². The molecule has 1 aromatic carbocycles. The molecule has 3 aromatic rings. The molecule has 0 unspecified atom stereocenters. The minimum absolute atomic E-state index is 0.0409. The molecular weight excluding hydrogens is 423 g/mol. The van der Waals surface area contributed by atoms with Gasteiger partial charge in [-0.05, 0) is 51.0 Å². The number of piperidine rings is 1. The van der Waals surface area contributed by atoms with Gasteiger partial charge in [-0.2, -0.15) is 0 Å². The lowest BCUT2D eigenvalue weighted by molar-refractivity contribution is 0.0375. The van der Waals surface area contributed by atoms with Crippen LogP contribution in [-0.2, 0) is 4.74 Å². The largest absolute Gasteiger partial charge is 0.507 e. The van der Waals surface area contributed by atoms with Crippen molar-refractivity contribution in [1.29, 1.82) is 0 Å². The van der Waals surface area contributed by atoms with E-state index >= 15 is 4.39 Å². The number of phenols is 1. The monoisotopic (exact) mass is 452 g/mol. The van der Waals surface area contributed by atoms with Crippen molar-refractivity contribution in [2.24, 2.45) is 0 Å². The fourth-order valence-electron chi connectivity index (χ4n) is 5.53. The zero-order valence-electron chi connectivity index (χ0n) is 19.2. The summed E-state index contributed by atoms with van der Waals surface area (Å²) in [7, 11) is 3.55. The number of phenolic OH excluding ortho intramolecular Hbond substituents is 1. The molecule has 8 nitrogen and oxygen atoms in total. The Balaban J connectivity index is 1.38. The van der Waals surface area contributed by atoms with Crippen LogP contribution in [0.1, 0.15) is 26.7 Å². The molecule has 2 saturated heterocycles. The summed E-state index contributed by atoms with van der Waals surface area (Å²) < 4.78 is 23.1. The number of halogens is 1. The lowest BCUT2D eigenvalue weighted by atomic mass is 9.82. The van der Waals surface area contributed by atoms with Gasteiger partial charge in [0.15, 0.2) is 5.82 Å². The maximum atomic E-state index is 15.6. The number of alkyl halides is 1. The van der Waals surface area contributed by atoms with Crippen molar-refractivity contribution in [2.75, 3.05) is 19.1 Å². The Bertz CT molecular complexity index is 1140. The third-order valence-electron chi connectivity index (χ3n) is 7.32. The van der Waals surface area contributed by atoms with Crippen LogP contribution in [0.2, 0.25) is 0 Å². The first kappa shape index (κ1) is 21.8. The number of aromatic hydroxyl groups is 1. The second-order valence-electron chi connectivity index (χ2n) is 9.62. The molecule has 2 fully saturated rings. The van der Waals surface area contributed by atoms with Gasteiger partial charge < -0.3 is 24.6 Å². The van der Waals surface area contributed by atoms with Gasteiger partial charge in [0, 0.05) is 43.7 Å². The molecular formula is C24H29FN6O2. The Morgan fingerprint density at radius 1 is 1.18 bits per heavy atom. The highest BCUT2D eigenvalue weighted by Gasteiger charge is 2.61. The van der Waals surface area contributed by atoms with E-state index in [2.05, 4.69) is 27.4 Å². The molecule has 9 heteroatoms. The lowest BCUT2D eigenvalue weighted by Crippen LogP contribution is -2.66. The van der Waals surface area contributed by atoms with Crippen LogP contribution in [-0.4, -0.2) is 68.4 Å². The summed E-state index contributed by atoms with van der Waals surface area (Å²) in [5.74, 6) is 0.685. The number of methoxy groups -OCH3 is 1. The van der Waals surface area contributed by atoms with Crippen molar-refractivity contribution < 1.29 is 14.2 Å². The molecule has 5 atom stereocenters. The average molecular weight is 453 g/mol. The predicted octanol–water partition coefficient (Wildman–Crippen LogP) is 3.11. The number of hydrogen-bond donors (Lipinski definition) is 2. The summed E-state index contributed by atoms with van der Waals surface area (Å²) in [6.45, 7) is 4.03. The van der Waals surface area contributed by atoms with Gasteiger partial charge in [0.1, 0.15) is 11.9 Å². The normalized spacial score (nSPS) is 31.0. The van der Waals surface area contributed by atoms with Crippen LogP contribution in [0.4, 0.5) is 10.2 Å². The van der Waals surface area contributed by atoms with E-state index in [1.54, 1.807) is 44.0 Å². The maximum Gasteiger partial charge on any atom is 0.151 e. The summed E-state index contributed by atoms with van der Waals surface area (Å²) in [6.07, 6.45) is 5.25. The van der Waals surface area contributed by atoms with Gasteiger partial charge >= 0.3 is 0 Å². The van der Waals surface area contributed by atoms with E-state index in [0.29, 0.717) is 29.9 Å². The van der Waals surface area contributed by atoms with Crippen LogP contribution in [0.5, 0.6) is 5.75 Å². The molecule has 5 rings (SSSR count). The van der Waals surface area contributed by atoms with E-state index in [0.717, 1.165) is 5.69 Å². The Morgan fingerprint density at radius 2 is 2.00 bits per heavy atom. The van der Waals surface area contributed by atoms with Crippen LogP contribution in [0.3, 0.4) is 0 Å². The second-order valence-corrected chi connectivity index (χ2v) is 9.62. The van der Waals surface area contributed by atoms with Gasteiger partial charge in [-0.3, -0.25) is 0 Å². The molecule has 2 aliphatic rings. The first-order valence-corrected chi connectivity index (χ1v) is 11.1. The summed E-state index contributed by atoms with van der Waals surface area (Å²) in [6, 6.07) is 8.60. The van der Waals surface area contributed by atoms with Crippen molar-refractivity contribution in [3.8, 4) is 22.7 Å². The van der Waals surface area contributed by atoms with Crippen LogP contribution in [0.25, 0.3) is 16.9 Å². The van der Waals surface area contributed by atoms with Crippen molar-refractivity contribution in [2.45, 2.75) is 56.1 Å². The van der Waals surface area contributed by atoms with E-state index in [1.807, 2.05) is 35.6 Å². The molecule has 0 radical (unpaired) electrons. The SMILES string of the molecule is CO[C@@H]1C[C@]2(C)N[C@@]1(C)C[C@@H](N(C)c1ccc(-c3ccc(-n4ccnc4)cc3O)nn1)[C@@H]2F. The summed E-state index contributed by atoms with van der Waals surface area (Å²) >= 11 is 0. The maximum absolute atomic E-state index is 15.6. The third kappa shape index (κ3) is 3.55. The van der Waals surface area contributed by atoms with Gasteiger partial charge in [-0.15, -0.1) is 10.2 Å². The van der Waals surface area contributed by atoms with Crippen LogP contribution >= 0.6 is 0 Å². The summed E-state index contributed by atoms with van der Waals surface area (Å²) in [5, 5.41) is 22.7. The zero-order chi connectivity index (χ0) is 23.4. The molecule has 2 N–H and O–H groups in total. The molecule has 0 amide bonds. The molecule has 4 heterocycles. The fraction of sp³-hybridized carbons (Fsp3) is 0.458. The summed E-state index contributed by atoms with van der Waals surface area (Å²) in [4.78, 5) is 5.90. The summed E-state index contributed by atoms with van der Waals surface area (Å²) in [5.41, 5.74) is 0.960. The second kappa shape index (κ2) is 7.78. The Morgan fingerprint density at radius 3 is 2.64 bits per heavy atom. The zero-order valence-corrected chi connectivity index (χ0v) is 19.2. The minimum Gasteiger partial charge on any atom is -0.507 e. The number of imidazole rings is 1. The first-order chi connectivity index (χ1) is 15.7. The number of benzene rings is 1. The van der Waals surface area contributed by atoms with Gasteiger partial charge in [0.25, 0.3) is 0 Å². The number of aromatic nitrogens is 4. The van der Waals surface area contributed by atoms with E-state index in [9.17, 15) is 5.11 Å². The minimum atomic E-state index is -1.09. The highest BCUT2D eigenvalue weighted by molar-refractivity contribution is 5.69. The van der Waals surface area contributed by atoms with E-state index in [1.165, 1.54) is 0 Å². The highest BCUT2D eigenvalue weighted by atomic mass is 19.1. The van der Waals surface area contributed by atoms with Crippen molar-refractivity contribution in [3.05, 3.63) is 49.1 Å². The molecule has 0 saturated carbocycles. The number of rotatable bonds is 5. The van der Waals surface area contributed by atoms with Crippen LogP contribution in [0, 0.1) is 0 Å². The van der Waals surface area contributed by atoms with Crippen molar-refractivity contribution in [3.63, 3.8) is 0 Å². The topological polar surface area (TPSA) is 88.3 Å². The van der Waals surface area contributed by atoms with Crippen LogP contribution < -0.4 is 10.2 Å². The van der Waals surface area contributed by atoms with Gasteiger partial charge in [-0.1, -0.05) is 0 Å². The molecule has 0 spiro atoms. The average Bonchev–Trinajstić information content (AvgIpc) is 3.41. The number of hydrogen-bond acceptors (Lipinski definition) is 7. The first-order valence-electron chi connectivity index (χ1n) is 11.1. The molecule has 174 valence electrons. The third-order valence-corrected chi connectivity index (χ3v) is 7.32. The van der Waals surface area contributed by atoms with E-state index in [4.69, 9.17) is 4.74 Å². The highest BCUT2D eigenvalue weighted by Crippen LogP contribution is 2.46. The molecule has 2 aromatic heterocycles. The molecule has 33 heavy (non-hydrogen) atoms. The standard InChI is InChI=1S/C24H29FN6O2/c1-23-12-18(22(25)24(2,29-23)13-20(23)33-4)30(3)21-8-7-17(27-28-21)16-6-5-15(11-19(16)32)31-10-9-26-14-31/h5-11,14,18,20,22,29,32H,12-13H2,1-4H3/t18-,20-,22+,23+,24+/m1/s1. The van der Waals surface area contributed by atoms with Gasteiger partial charge in [-0.25, -0.2) is 9.37 Å². The number of ether oxygens (including phenoxy) is 1. The Kier molecular flexibility index (Phi) is 5.13. The van der Waals surface area contributed by atoms with Crippen molar-refractivity contribution in [1.82, 2.24) is 25.1 Å². The smallest absolute Gasteiger partial charge is 0.151 e. The number of fused-ring (bicyclic) bond motifs is 2. The molecule has 2 bridgehead atoms. The fourth-order valence-corrected chi connectivity index (χ4v) is 5.53. The predicted molar refractivity (Wildman–Crippen MR) is 123 cm³/mol. The van der Waals surface area contributed by atoms with Gasteiger partial charge in [0.05, 0.1) is 35.4 Å².